The van der Waals surface area contributed by atoms with E-state index in [2.05, 4.69) is 0 Å². The Morgan fingerprint density at radius 3 is 2.44 bits per heavy atom. The highest BCUT2D eigenvalue weighted by Crippen LogP contribution is 2.44. The van der Waals surface area contributed by atoms with Gasteiger partial charge in [-0.3, -0.25) is 14.2 Å². The van der Waals surface area contributed by atoms with Crippen molar-refractivity contribution in [3.63, 3.8) is 0 Å². The molecule has 2 aromatic carbocycles. The molecule has 0 aliphatic carbocycles. The Morgan fingerprint density at radius 1 is 1.11 bits per heavy atom. The molecule has 0 saturated carbocycles. The van der Waals surface area contributed by atoms with Crippen molar-refractivity contribution in [2.24, 2.45) is 5.92 Å². The fourth-order valence-electron chi connectivity index (χ4n) is 4.01. The van der Waals surface area contributed by atoms with Crippen LogP contribution in [0.5, 0.6) is 5.75 Å². The molecule has 6 heteroatoms. The van der Waals surface area contributed by atoms with E-state index in [0.29, 0.717) is 10.8 Å². The highest BCUT2D eigenvalue weighted by molar-refractivity contribution is 6.31. The molecule has 0 saturated heterocycles. The van der Waals surface area contributed by atoms with Crippen molar-refractivity contribution >= 4 is 34.4 Å². The highest BCUT2D eigenvalue weighted by atomic mass is 35.5. The summed E-state index contributed by atoms with van der Waals surface area (Å²) in [6.45, 7) is 1.84. The van der Waals surface area contributed by atoms with Gasteiger partial charge in [0.2, 0.25) is 5.91 Å². The van der Waals surface area contributed by atoms with Crippen LogP contribution >= 0.6 is 11.6 Å². The van der Waals surface area contributed by atoms with Crippen LogP contribution < -0.4 is 4.74 Å². The van der Waals surface area contributed by atoms with E-state index in [0.717, 1.165) is 27.7 Å². The standard InChI is InChI=1S/C21H18ClNO4/c1-11-8-13-9-14(22)10-16-17(12-4-6-15(26-2)7-5-12)18(21(25)27-3)20(24)23(11)19(13)16/h4-10,17-18H,1-3H3/t17-,18+/m0/s1. The maximum absolute atomic E-state index is 13.3. The van der Waals surface area contributed by atoms with E-state index in [4.69, 9.17) is 21.1 Å². The largest absolute Gasteiger partial charge is 0.497 e. The normalized spacial score (nSPS) is 18.6. The van der Waals surface area contributed by atoms with Gasteiger partial charge in [-0.1, -0.05) is 23.7 Å². The zero-order valence-corrected chi connectivity index (χ0v) is 15.9. The Hall–Kier alpha value is -2.79. The summed E-state index contributed by atoms with van der Waals surface area (Å²) in [6.07, 6.45) is 0. The van der Waals surface area contributed by atoms with Gasteiger partial charge in [-0.25, -0.2) is 0 Å². The Balaban J connectivity index is 2.03. The van der Waals surface area contributed by atoms with Crippen LogP contribution in [-0.2, 0) is 9.53 Å². The van der Waals surface area contributed by atoms with Crippen molar-refractivity contribution < 1.29 is 19.1 Å². The fraction of sp³-hybridized carbons (Fsp3) is 0.238. The van der Waals surface area contributed by atoms with E-state index >= 15 is 0 Å². The molecule has 5 nitrogen and oxygen atoms in total. The van der Waals surface area contributed by atoms with Crippen molar-refractivity contribution in [3.8, 4) is 5.75 Å². The van der Waals surface area contributed by atoms with Gasteiger partial charge in [0.05, 0.1) is 19.7 Å². The first kappa shape index (κ1) is 17.6. The zero-order chi connectivity index (χ0) is 19.3. The highest BCUT2D eigenvalue weighted by Gasteiger charge is 2.44. The molecule has 1 aliphatic rings. The Labute approximate surface area is 161 Å². The van der Waals surface area contributed by atoms with Gasteiger partial charge in [-0.05, 0) is 48.4 Å². The summed E-state index contributed by atoms with van der Waals surface area (Å²) in [6, 6.07) is 12.9. The van der Waals surface area contributed by atoms with Crippen molar-refractivity contribution in [2.75, 3.05) is 14.2 Å². The van der Waals surface area contributed by atoms with E-state index in [-0.39, 0.29) is 5.91 Å². The molecule has 1 aromatic heterocycles. The summed E-state index contributed by atoms with van der Waals surface area (Å²) < 4.78 is 11.8. The summed E-state index contributed by atoms with van der Waals surface area (Å²) >= 11 is 6.36. The van der Waals surface area contributed by atoms with Crippen LogP contribution in [0.2, 0.25) is 5.02 Å². The molecule has 2 atom stereocenters. The molecular formula is C21H18ClNO4. The fourth-order valence-corrected chi connectivity index (χ4v) is 4.24. The molecule has 2 heterocycles. The second-order valence-corrected chi connectivity index (χ2v) is 7.08. The van der Waals surface area contributed by atoms with Gasteiger partial charge in [0, 0.05) is 22.0 Å². The molecule has 0 amide bonds. The smallest absolute Gasteiger partial charge is 0.319 e. The van der Waals surface area contributed by atoms with Gasteiger partial charge in [0.25, 0.3) is 0 Å². The van der Waals surface area contributed by atoms with Crippen LogP contribution in [0.1, 0.15) is 27.5 Å². The quantitative estimate of drug-likeness (QED) is 0.502. The number of carbonyl (C=O) groups is 2. The molecular weight excluding hydrogens is 366 g/mol. The number of carbonyl (C=O) groups excluding carboxylic acids is 2. The second kappa shape index (κ2) is 6.43. The Morgan fingerprint density at radius 2 is 1.81 bits per heavy atom. The molecule has 0 fully saturated rings. The van der Waals surface area contributed by atoms with Crippen LogP contribution in [0.4, 0.5) is 0 Å². The number of halogens is 1. The lowest BCUT2D eigenvalue weighted by Crippen LogP contribution is -2.39. The number of ether oxygens (including phenoxy) is 2. The number of aryl methyl sites for hydroxylation is 1. The van der Waals surface area contributed by atoms with Crippen LogP contribution in [0, 0.1) is 12.8 Å². The van der Waals surface area contributed by atoms with Gasteiger partial charge in [-0.15, -0.1) is 0 Å². The van der Waals surface area contributed by atoms with E-state index in [1.807, 2.05) is 49.4 Å². The van der Waals surface area contributed by atoms with Crippen LogP contribution in [-0.4, -0.2) is 30.7 Å². The third kappa shape index (κ3) is 2.61. The monoisotopic (exact) mass is 383 g/mol. The summed E-state index contributed by atoms with van der Waals surface area (Å²) in [4.78, 5) is 25.9. The summed E-state index contributed by atoms with van der Waals surface area (Å²) in [7, 11) is 2.89. The molecule has 0 spiro atoms. The number of aromatic nitrogens is 1. The number of benzene rings is 2. The van der Waals surface area contributed by atoms with E-state index < -0.39 is 17.8 Å². The Kier molecular flexibility index (Phi) is 4.19. The molecule has 1 aliphatic heterocycles. The minimum Gasteiger partial charge on any atom is -0.497 e. The van der Waals surface area contributed by atoms with Gasteiger partial charge >= 0.3 is 5.97 Å². The number of esters is 1. The first-order valence-electron chi connectivity index (χ1n) is 8.53. The van der Waals surface area contributed by atoms with Crippen LogP contribution in [0.15, 0.2) is 42.5 Å². The second-order valence-electron chi connectivity index (χ2n) is 6.64. The maximum Gasteiger partial charge on any atom is 0.319 e. The van der Waals surface area contributed by atoms with Gasteiger partial charge in [0.1, 0.15) is 11.7 Å². The van der Waals surface area contributed by atoms with E-state index in [1.165, 1.54) is 7.11 Å². The number of methoxy groups -OCH3 is 2. The topological polar surface area (TPSA) is 57.5 Å². The molecule has 0 N–H and O–H groups in total. The van der Waals surface area contributed by atoms with Crippen molar-refractivity contribution in [3.05, 3.63) is 64.3 Å². The number of nitrogens with zero attached hydrogens (tertiary/aromatic N) is 1. The maximum atomic E-state index is 13.3. The lowest BCUT2D eigenvalue weighted by Gasteiger charge is -2.31. The molecule has 0 unspecified atom stereocenters. The molecule has 138 valence electrons. The molecule has 4 rings (SSSR count). The number of rotatable bonds is 3. The predicted octanol–water partition coefficient (Wildman–Crippen LogP) is 4.19. The lowest BCUT2D eigenvalue weighted by molar-refractivity contribution is -0.144. The summed E-state index contributed by atoms with van der Waals surface area (Å²) in [5.41, 5.74) is 3.22. The third-order valence-corrected chi connectivity index (χ3v) is 5.38. The predicted molar refractivity (Wildman–Crippen MR) is 103 cm³/mol. The van der Waals surface area contributed by atoms with Gasteiger partial charge in [0.15, 0.2) is 0 Å². The van der Waals surface area contributed by atoms with E-state index in [9.17, 15) is 9.59 Å². The summed E-state index contributed by atoms with van der Waals surface area (Å²) in [5.74, 6) is -1.62. The van der Waals surface area contributed by atoms with Crippen molar-refractivity contribution in [1.29, 1.82) is 0 Å². The third-order valence-electron chi connectivity index (χ3n) is 5.16. The van der Waals surface area contributed by atoms with Crippen LogP contribution in [0.3, 0.4) is 0 Å². The average Bonchev–Trinajstić information content (AvgIpc) is 3.00. The average molecular weight is 384 g/mol. The first-order chi connectivity index (χ1) is 13.0. The van der Waals surface area contributed by atoms with Crippen LogP contribution in [0.25, 0.3) is 10.9 Å². The van der Waals surface area contributed by atoms with Gasteiger partial charge < -0.3 is 9.47 Å². The number of hydrogen-bond donors (Lipinski definition) is 0. The minimum absolute atomic E-state index is 0.287. The lowest BCUT2D eigenvalue weighted by atomic mass is 9.77. The van der Waals surface area contributed by atoms with Crippen molar-refractivity contribution in [1.82, 2.24) is 4.57 Å². The molecule has 0 bridgehead atoms. The molecule has 27 heavy (non-hydrogen) atoms. The molecule has 3 aromatic rings. The van der Waals surface area contributed by atoms with Crippen molar-refractivity contribution in [2.45, 2.75) is 12.8 Å². The molecule has 0 radical (unpaired) electrons. The number of hydrogen-bond acceptors (Lipinski definition) is 4. The van der Waals surface area contributed by atoms with E-state index in [1.54, 1.807) is 11.7 Å². The van der Waals surface area contributed by atoms with Gasteiger partial charge in [-0.2, -0.15) is 0 Å². The SMILES string of the molecule is COC(=O)[C@H]1C(=O)n2c(C)cc3cc(Cl)cc(c32)[C@@H]1c1ccc(OC)cc1. The Bertz CT molecular complexity index is 1070. The zero-order valence-electron chi connectivity index (χ0n) is 15.2. The first-order valence-corrected chi connectivity index (χ1v) is 8.91. The summed E-state index contributed by atoms with van der Waals surface area (Å²) in [5, 5.41) is 1.44. The minimum atomic E-state index is -0.983.